The van der Waals surface area contributed by atoms with Crippen molar-refractivity contribution in [3.05, 3.63) is 0 Å². The van der Waals surface area contributed by atoms with Crippen molar-refractivity contribution in [2.24, 2.45) is 5.92 Å². The van der Waals surface area contributed by atoms with E-state index < -0.39 is 0 Å². The number of nitrogens with zero attached hydrogens (tertiary/aromatic N) is 1. The van der Waals surface area contributed by atoms with Gasteiger partial charge >= 0.3 is 0 Å². The second kappa shape index (κ2) is 5.72. The predicted octanol–water partition coefficient (Wildman–Crippen LogP) is 2.10. The molecule has 1 aliphatic heterocycles. The zero-order chi connectivity index (χ0) is 10.6. The Balaban J connectivity index is 2.26. The maximum absolute atomic E-state index is 3.63. The molecule has 2 heteroatoms. The third kappa shape index (κ3) is 3.58. The van der Waals surface area contributed by atoms with Crippen molar-refractivity contribution in [1.82, 2.24) is 10.2 Å². The van der Waals surface area contributed by atoms with E-state index in [0.717, 1.165) is 5.92 Å². The van der Waals surface area contributed by atoms with Gasteiger partial charge in [0, 0.05) is 12.1 Å². The molecule has 14 heavy (non-hydrogen) atoms. The zero-order valence-electron chi connectivity index (χ0n) is 10.2. The Kier molecular flexibility index (Phi) is 4.90. The Labute approximate surface area is 89.1 Å². The van der Waals surface area contributed by atoms with Crippen LogP contribution >= 0.6 is 0 Å². The van der Waals surface area contributed by atoms with Crippen molar-refractivity contribution in [1.29, 1.82) is 0 Å². The minimum atomic E-state index is 0.620. The van der Waals surface area contributed by atoms with Gasteiger partial charge in [-0.15, -0.1) is 0 Å². The van der Waals surface area contributed by atoms with Crippen LogP contribution in [0.1, 0.15) is 40.5 Å². The van der Waals surface area contributed by atoms with Crippen LogP contribution in [0.3, 0.4) is 0 Å². The summed E-state index contributed by atoms with van der Waals surface area (Å²) in [7, 11) is 0. The van der Waals surface area contributed by atoms with Crippen LogP contribution in [0.5, 0.6) is 0 Å². The predicted molar refractivity (Wildman–Crippen MR) is 62.6 cm³/mol. The topological polar surface area (TPSA) is 15.3 Å². The van der Waals surface area contributed by atoms with Crippen LogP contribution in [0.2, 0.25) is 0 Å². The Hall–Kier alpha value is -0.0800. The van der Waals surface area contributed by atoms with Gasteiger partial charge in [-0.2, -0.15) is 0 Å². The lowest BCUT2D eigenvalue weighted by Crippen LogP contribution is -2.43. The van der Waals surface area contributed by atoms with Gasteiger partial charge in [0.15, 0.2) is 0 Å². The fourth-order valence-electron chi connectivity index (χ4n) is 2.43. The largest absolute Gasteiger partial charge is 0.312 e. The molecule has 0 amide bonds. The number of piperidine rings is 1. The molecule has 0 spiro atoms. The number of hydrogen-bond acceptors (Lipinski definition) is 2. The van der Waals surface area contributed by atoms with Crippen molar-refractivity contribution >= 4 is 0 Å². The quantitative estimate of drug-likeness (QED) is 0.744. The molecule has 1 N–H and O–H groups in total. The minimum absolute atomic E-state index is 0.620. The van der Waals surface area contributed by atoms with Crippen LogP contribution in [0.4, 0.5) is 0 Å². The molecule has 0 aromatic carbocycles. The average molecular weight is 198 g/mol. The van der Waals surface area contributed by atoms with Crippen LogP contribution in [0.15, 0.2) is 0 Å². The lowest BCUT2D eigenvalue weighted by atomic mass is 9.90. The van der Waals surface area contributed by atoms with Gasteiger partial charge in [-0.1, -0.05) is 20.8 Å². The normalized spacial score (nSPS) is 22.9. The molecule has 2 nitrogen and oxygen atoms in total. The van der Waals surface area contributed by atoms with Crippen molar-refractivity contribution in [2.75, 3.05) is 19.6 Å². The van der Waals surface area contributed by atoms with Crippen molar-refractivity contribution < 1.29 is 0 Å². The summed E-state index contributed by atoms with van der Waals surface area (Å²) in [4.78, 5) is 2.55. The molecule has 0 aromatic heterocycles. The molecule has 1 fully saturated rings. The molecule has 1 saturated heterocycles. The van der Waals surface area contributed by atoms with Crippen LogP contribution in [-0.4, -0.2) is 36.6 Å². The van der Waals surface area contributed by atoms with Crippen molar-refractivity contribution in [3.8, 4) is 0 Å². The Bertz CT molecular complexity index is 148. The molecule has 0 bridgehead atoms. The van der Waals surface area contributed by atoms with Crippen LogP contribution < -0.4 is 5.32 Å². The second-order valence-electron chi connectivity index (χ2n) is 4.88. The van der Waals surface area contributed by atoms with E-state index in [-0.39, 0.29) is 0 Å². The average Bonchev–Trinajstić information content (AvgIpc) is 2.17. The molecular formula is C12H26N2. The summed E-state index contributed by atoms with van der Waals surface area (Å²) in [6.45, 7) is 12.9. The molecule has 84 valence electrons. The first-order valence-corrected chi connectivity index (χ1v) is 6.12. The van der Waals surface area contributed by atoms with Gasteiger partial charge in [0.1, 0.15) is 0 Å². The first-order chi connectivity index (χ1) is 6.63. The van der Waals surface area contributed by atoms with Gasteiger partial charge in [0.25, 0.3) is 0 Å². The lowest BCUT2D eigenvalue weighted by Gasteiger charge is -2.35. The summed E-state index contributed by atoms with van der Waals surface area (Å²) in [5.74, 6) is 0.889. The number of nitrogens with one attached hydrogen (secondary N) is 1. The smallest absolute Gasteiger partial charge is 0.00703 e. The molecule has 1 unspecified atom stereocenters. The Morgan fingerprint density at radius 3 is 2.21 bits per heavy atom. The first kappa shape index (κ1) is 12.0. The molecule has 1 aliphatic rings. The molecule has 0 saturated carbocycles. The number of hydrogen-bond donors (Lipinski definition) is 1. The first-order valence-electron chi connectivity index (χ1n) is 6.12. The number of likely N-dealkylation sites (tertiary alicyclic amines) is 1. The van der Waals surface area contributed by atoms with Gasteiger partial charge in [-0.3, -0.25) is 0 Å². The summed E-state index contributed by atoms with van der Waals surface area (Å²) in [5.41, 5.74) is 0. The van der Waals surface area contributed by atoms with E-state index in [9.17, 15) is 0 Å². The fourth-order valence-corrected chi connectivity index (χ4v) is 2.43. The van der Waals surface area contributed by atoms with E-state index in [1.807, 2.05) is 0 Å². The summed E-state index contributed by atoms with van der Waals surface area (Å²) >= 11 is 0. The highest BCUT2D eigenvalue weighted by atomic mass is 15.1. The highest BCUT2D eigenvalue weighted by Gasteiger charge is 2.22. The van der Waals surface area contributed by atoms with Gasteiger partial charge in [0.2, 0.25) is 0 Å². The molecule has 1 atom stereocenters. The summed E-state index contributed by atoms with van der Waals surface area (Å²) in [5, 5.41) is 3.63. The zero-order valence-corrected chi connectivity index (χ0v) is 10.2. The second-order valence-corrected chi connectivity index (χ2v) is 4.88. The SMILES string of the molecule is CCN1CCC(C(C)NC(C)C)CC1. The monoisotopic (exact) mass is 198 g/mol. The summed E-state index contributed by atoms with van der Waals surface area (Å²) in [6.07, 6.45) is 2.74. The van der Waals surface area contributed by atoms with Crippen LogP contribution in [0, 0.1) is 5.92 Å². The van der Waals surface area contributed by atoms with Crippen molar-refractivity contribution in [3.63, 3.8) is 0 Å². The van der Waals surface area contributed by atoms with Gasteiger partial charge in [-0.05, 0) is 45.3 Å². The highest BCUT2D eigenvalue weighted by molar-refractivity contribution is 4.79. The number of rotatable bonds is 4. The Morgan fingerprint density at radius 2 is 1.79 bits per heavy atom. The molecular weight excluding hydrogens is 172 g/mol. The third-order valence-corrected chi connectivity index (χ3v) is 3.38. The van der Waals surface area contributed by atoms with E-state index in [2.05, 4.69) is 37.9 Å². The van der Waals surface area contributed by atoms with E-state index in [0.29, 0.717) is 12.1 Å². The molecule has 0 radical (unpaired) electrons. The molecule has 0 aliphatic carbocycles. The van der Waals surface area contributed by atoms with E-state index >= 15 is 0 Å². The molecule has 1 rings (SSSR count). The maximum atomic E-state index is 3.63. The molecule has 1 heterocycles. The highest BCUT2D eigenvalue weighted by Crippen LogP contribution is 2.20. The van der Waals surface area contributed by atoms with E-state index in [1.54, 1.807) is 0 Å². The fraction of sp³-hybridized carbons (Fsp3) is 1.00. The van der Waals surface area contributed by atoms with E-state index in [1.165, 1.54) is 32.5 Å². The Morgan fingerprint density at radius 1 is 1.21 bits per heavy atom. The third-order valence-electron chi connectivity index (χ3n) is 3.38. The molecule has 0 aromatic rings. The standard InChI is InChI=1S/C12H26N2/c1-5-14-8-6-12(7-9-14)11(4)13-10(2)3/h10-13H,5-9H2,1-4H3. The minimum Gasteiger partial charge on any atom is -0.312 e. The van der Waals surface area contributed by atoms with E-state index in [4.69, 9.17) is 0 Å². The van der Waals surface area contributed by atoms with Crippen LogP contribution in [0.25, 0.3) is 0 Å². The van der Waals surface area contributed by atoms with Gasteiger partial charge < -0.3 is 10.2 Å². The van der Waals surface area contributed by atoms with Gasteiger partial charge in [0.05, 0.1) is 0 Å². The summed E-state index contributed by atoms with van der Waals surface area (Å²) < 4.78 is 0. The van der Waals surface area contributed by atoms with Crippen molar-refractivity contribution in [2.45, 2.75) is 52.6 Å². The van der Waals surface area contributed by atoms with Crippen LogP contribution in [-0.2, 0) is 0 Å². The lowest BCUT2D eigenvalue weighted by molar-refractivity contribution is 0.166. The maximum Gasteiger partial charge on any atom is 0.00703 e. The summed E-state index contributed by atoms with van der Waals surface area (Å²) in [6, 6.07) is 1.31. The van der Waals surface area contributed by atoms with Gasteiger partial charge in [-0.25, -0.2) is 0 Å².